The van der Waals surface area contributed by atoms with Crippen LogP contribution in [0.4, 0.5) is 0 Å². The van der Waals surface area contributed by atoms with Gasteiger partial charge in [0.15, 0.2) is 0 Å². The molecule has 0 spiro atoms. The van der Waals surface area contributed by atoms with Crippen LogP contribution < -0.4 is 5.63 Å². The van der Waals surface area contributed by atoms with E-state index in [1.807, 2.05) is 0 Å². The summed E-state index contributed by atoms with van der Waals surface area (Å²) in [6.45, 7) is 1.30. The van der Waals surface area contributed by atoms with Gasteiger partial charge in [0, 0.05) is 6.07 Å². The Morgan fingerprint density at radius 2 is 1.90 bits per heavy atom. The summed E-state index contributed by atoms with van der Waals surface area (Å²) in [6.07, 6.45) is -0.422. The summed E-state index contributed by atoms with van der Waals surface area (Å²) in [5, 5.41) is 19.2. The molecule has 0 unspecified atom stereocenters. The van der Waals surface area contributed by atoms with Crippen molar-refractivity contribution in [3.8, 4) is 11.5 Å². The van der Waals surface area contributed by atoms with Gasteiger partial charge in [-0.2, -0.15) is 0 Å². The lowest BCUT2D eigenvalue weighted by Crippen LogP contribution is -2.10. The molecule has 1 aromatic carbocycles. The molecular formula is C14H12O6. The number of hydrogen-bond donors (Lipinski definition) is 2. The highest BCUT2D eigenvalue weighted by Gasteiger charge is 2.13. The van der Waals surface area contributed by atoms with Gasteiger partial charge >= 0.3 is 5.63 Å². The third kappa shape index (κ3) is 2.85. The van der Waals surface area contributed by atoms with Crippen LogP contribution in [0.3, 0.4) is 0 Å². The first-order valence-electron chi connectivity index (χ1n) is 5.86. The maximum absolute atomic E-state index is 11.7. The lowest BCUT2D eigenvalue weighted by Gasteiger charge is -2.04. The number of phenolic OH excluding ortho intramolecular Hbond substituents is 2. The van der Waals surface area contributed by atoms with E-state index < -0.39 is 11.4 Å². The van der Waals surface area contributed by atoms with Crippen molar-refractivity contribution >= 4 is 22.3 Å². The number of carbonyl (C=O) groups is 2. The minimum atomic E-state index is -0.800. The highest BCUT2D eigenvalue weighted by atomic mass is 16.4. The van der Waals surface area contributed by atoms with Crippen LogP contribution >= 0.6 is 0 Å². The number of benzene rings is 1. The van der Waals surface area contributed by atoms with Gasteiger partial charge in [-0.1, -0.05) is 0 Å². The molecule has 104 valence electrons. The van der Waals surface area contributed by atoms with Crippen LogP contribution in [0.1, 0.15) is 19.1 Å². The summed E-state index contributed by atoms with van der Waals surface area (Å²) in [4.78, 5) is 34.1. The van der Waals surface area contributed by atoms with E-state index in [0.29, 0.717) is 0 Å². The van der Waals surface area contributed by atoms with E-state index in [0.717, 1.165) is 6.07 Å². The van der Waals surface area contributed by atoms with Crippen LogP contribution in [0.25, 0.3) is 10.8 Å². The molecule has 6 nitrogen and oxygen atoms in total. The highest BCUT2D eigenvalue weighted by Crippen LogP contribution is 2.27. The van der Waals surface area contributed by atoms with Gasteiger partial charge in [0.2, 0.25) is 0 Å². The lowest BCUT2D eigenvalue weighted by atomic mass is 10.1. The van der Waals surface area contributed by atoms with Gasteiger partial charge in [0.05, 0.1) is 12.8 Å². The van der Waals surface area contributed by atoms with Crippen LogP contribution in [0.2, 0.25) is 0 Å². The van der Waals surface area contributed by atoms with Crippen LogP contribution in [0, 0.1) is 0 Å². The van der Waals surface area contributed by atoms with Crippen LogP contribution in [-0.2, 0) is 16.0 Å². The summed E-state index contributed by atoms with van der Waals surface area (Å²) in [7, 11) is 0. The fourth-order valence-electron chi connectivity index (χ4n) is 1.96. The van der Waals surface area contributed by atoms with Gasteiger partial charge in [-0.3, -0.25) is 9.59 Å². The summed E-state index contributed by atoms with van der Waals surface area (Å²) in [6, 6.07) is 3.69. The van der Waals surface area contributed by atoms with E-state index >= 15 is 0 Å². The third-order valence-corrected chi connectivity index (χ3v) is 2.69. The van der Waals surface area contributed by atoms with Gasteiger partial charge in [0.25, 0.3) is 0 Å². The zero-order chi connectivity index (χ0) is 14.9. The van der Waals surface area contributed by atoms with Crippen molar-refractivity contribution in [1.82, 2.24) is 0 Å². The number of aromatic hydroxyl groups is 2. The van der Waals surface area contributed by atoms with Crippen molar-refractivity contribution in [3.63, 3.8) is 0 Å². The predicted molar refractivity (Wildman–Crippen MR) is 69.8 cm³/mol. The lowest BCUT2D eigenvalue weighted by molar-refractivity contribution is -0.125. The van der Waals surface area contributed by atoms with Crippen LogP contribution in [0.15, 0.2) is 27.4 Å². The second-order valence-corrected chi connectivity index (χ2v) is 4.52. The molecule has 2 rings (SSSR count). The second-order valence-electron chi connectivity index (χ2n) is 4.52. The maximum atomic E-state index is 11.7. The quantitative estimate of drug-likeness (QED) is 0.815. The third-order valence-electron chi connectivity index (χ3n) is 2.69. The zero-order valence-electron chi connectivity index (χ0n) is 10.7. The fourth-order valence-corrected chi connectivity index (χ4v) is 1.96. The van der Waals surface area contributed by atoms with E-state index in [1.165, 1.54) is 19.1 Å². The Labute approximate surface area is 113 Å². The molecule has 0 radical (unpaired) electrons. The largest absolute Gasteiger partial charge is 0.508 e. The molecule has 0 bridgehead atoms. The van der Waals surface area contributed by atoms with Crippen molar-refractivity contribution in [3.05, 3.63) is 34.4 Å². The molecule has 1 aromatic heterocycles. The van der Waals surface area contributed by atoms with Crippen molar-refractivity contribution in [2.45, 2.75) is 19.8 Å². The number of fused-ring (bicyclic) bond motifs is 1. The molecule has 2 aromatic rings. The fraction of sp³-hybridized carbons (Fsp3) is 0.214. The molecule has 0 saturated carbocycles. The summed E-state index contributed by atoms with van der Waals surface area (Å²) >= 11 is 0. The van der Waals surface area contributed by atoms with Gasteiger partial charge in [0.1, 0.15) is 34.2 Å². The molecule has 1 heterocycles. The van der Waals surface area contributed by atoms with E-state index in [2.05, 4.69) is 0 Å². The maximum Gasteiger partial charge on any atom is 0.347 e. The first-order chi connectivity index (χ1) is 9.36. The minimum absolute atomic E-state index is 0.0643. The number of carbonyl (C=O) groups excluding carboxylic acids is 2. The van der Waals surface area contributed by atoms with E-state index in [4.69, 9.17) is 4.42 Å². The zero-order valence-corrected chi connectivity index (χ0v) is 10.7. The average molecular weight is 276 g/mol. The summed E-state index contributed by atoms with van der Waals surface area (Å²) in [5.41, 5.74) is -0.800. The topological polar surface area (TPSA) is 105 Å². The molecule has 0 aliphatic carbocycles. The SMILES string of the molecule is CC(=O)CC(=O)Cc1cc2cc(O)cc(O)c2c(=O)o1. The van der Waals surface area contributed by atoms with Crippen molar-refractivity contribution in [2.24, 2.45) is 0 Å². The normalized spacial score (nSPS) is 10.7. The van der Waals surface area contributed by atoms with Crippen molar-refractivity contribution in [2.75, 3.05) is 0 Å². The predicted octanol–water partition coefficient (Wildman–Crippen LogP) is 1.29. The van der Waals surface area contributed by atoms with Crippen molar-refractivity contribution < 1.29 is 24.2 Å². The molecule has 0 fully saturated rings. The van der Waals surface area contributed by atoms with E-state index in [9.17, 15) is 24.6 Å². The summed E-state index contributed by atoms with van der Waals surface area (Å²) in [5.74, 6) is -1.16. The van der Waals surface area contributed by atoms with E-state index in [1.54, 1.807) is 0 Å². The van der Waals surface area contributed by atoms with Crippen LogP contribution in [0.5, 0.6) is 11.5 Å². The van der Waals surface area contributed by atoms with Gasteiger partial charge in [-0.15, -0.1) is 0 Å². The molecule has 6 heteroatoms. The van der Waals surface area contributed by atoms with E-state index in [-0.39, 0.29) is 46.7 Å². The molecule has 2 N–H and O–H groups in total. The minimum Gasteiger partial charge on any atom is -0.508 e. The smallest absolute Gasteiger partial charge is 0.347 e. The number of hydrogen-bond acceptors (Lipinski definition) is 6. The van der Waals surface area contributed by atoms with Gasteiger partial charge in [-0.05, 0) is 24.4 Å². The Kier molecular flexibility index (Phi) is 3.56. The molecule has 0 aliphatic rings. The highest BCUT2D eigenvalue weighted by molar-refractivity contribution is 5.99. The standard InChI is InChI=1S/C14H12O6/c1-7(15)2-9(16)5-11-4-8-3-10(17)6-12(18)13(8)14(19)20-11/h3-4,6,17-18H,2,5H2,1H3. The molecule has 0 aliphatic heterocycles. The Morgan fingerprint density at radius 3 is 2.55 bits per heavy atom. The number of rotatable bonds is 4. The number of Topliss-reactive ketones (excluding diaryl/α,β-unsaturated/α-hetero) is 2. The number of phenols is 2. The molecule has 0 atom stereocenters. The summed E-state index contributed by atoms with van der Waals surface area (Å²) < 4.78 is 4.93. The number of ketones is 2. The Balaban J connectivity index is 2.45. The second kappa shape index (κ2) is 5.16. The Morgan fingerprint density at radius 1 is 1.20 bits per heavy atom. The average Bonchev–Trinajstić information content (AvgIpc) is 2.25. The molecule has 0 amide bonds. The molecule has 20 heavy (non-hydrogen) atoms. The van der Waals surface area contributed by atoms with Crippen molar-refractivity contribution in [1.29, 1.82) is 0 Å². The van der Waals surface area contributed by atoms with Crippen LogP contribution in [-0.4, -0.2) is 21.8 Å². The molecule has 0 saturated heterocycles. The monoisotopic (exact) mass is 276 g/mol. The van der Waals surface area contributed by atoms with Gasteiger partial charge < -0.3 is 14.6 Å². The first kappa shape index (κ1) is 13.8. The first-order valence-corrected chi connectivity index (χ1v) is 5.86. The van der Waals surface area contributed by atoms with Gasteiger partial charge in [-0.25, -0.2) is 4.79 Å². The Hall–Kier alpha value is -2.63. The Bertz CT molecular complexity index is 756. The molecular weight excluding hydrogens is 264 g/mol.